The molecule has 0 spiro atoms. The van der Waals surface area contributed by atoms with Crippen molar-refractivity contribution in [3.8, 4) is 0 Å². The number of nitrogens with one attached hydrogen (secondary N) is 1. The molecule has 0 aliphatic heterocycles. The zero-order chi connectivity index (χ0) is 17.7. The fraction of sp³-hybridized carbons (Fsp3) is 0.125. The highest BCUT2D eigenvalue weighted by molar-refractivity contribution is 7.89. The van der Waals surface area contributed by atoms with Crippen LogP contribution in [0.25, 0.3) is 0 Å². The van der Waals surface area contributed by atoms with Gasteiger partial charge in [-0.3, -0.25) is 9.59 Å². The Morgan fingerprint density at radius 3 is 2.17 bits per heavy atom. The summed E-state index contributed by atoms with van der Waals surface area (Å²) >= 11 is 0. The van der Waals surface area contributed by atoms with Crippen molar-refractivity contribution in [1.82, 2.24) is 4.90 Å². The number of rotatable bonds is 4. The van der Waals surface area contributed by atoms with Gasteiger partial charge in [-0.15, -0.1) is 0 Å². The third kappa shape index (κ3) is 4.64. The maximum atomic E-state index is 12.1. The average molecular weight is 347 g/mol. The maximum Gasteiger partial charge on any atom is 0.313 e. The fourth-order valence-corrected chi connectivity index (χ4v) is 2.53. The van der Waals surface area contributed by atoms with Gasteiger partial charge in [0.2, 0.25) is 10.0 Å². The smallest absolute Gasteiger partial charge is 0.313 e. The first-order chi connectivity index (χ1) is 11.3. The second kappa shape index (κ2) is 7.24. The molecule has 0 saturated heterocycles. The number of carbonyl (C=O) groups excluding carboxylic acids is 2. The molecule has 0 aliphatic carbocycles. The van der Waals surface area contributed by atoms with E-state index in [1.807, 2.05) is 30.3 Å². The predicted octanol–water partition coefficient (Wildman–Crippen LogP) is 0.931. The third-order valence-corrected chi connectivity index (χ3v) is 4.17. The molecule has 0 atom stereocenters. The summed E-state index contributed by atoms with van der Waals surface area (Å²) in [6.45, 7) is 0.303. The molecule has 24 heavy (non-hydrogen) atoms. The number of sulfonamides is 1. The minimum atomic E-state index is -3.80. The van der Waals surface area contributed by atoms with Crippen LogP contribution in [-0.2, 0) is 26.2 Å². The lowest BCUT2D eigenvalue weighted by Gasteiger charge is -2.16. The SMILES string of the molecule is CN(Cc1ccccc1)C(=O)C(=O)Nc1ccc(S(N)(=O)=O)cc1. The summed E-state index contributed by atoms with van der Waals surface area (Å²) in [6, 6.07) is 14.5. The molecule has 0 unspecified atom stereocenters. The van der Waals surface area contributed by atoms with Crippen molar-refractivity contribution in [1.29, 1.82) is 0 Å². The Hall–Kier alpha value is -2.71. The zero-order valence-electron chi connectivity index (χ0n) is 13.0. The van der Waals surface area contributed by atoms with Crippen molar-refractivity contribution < 1.29 is 18.0 Å². The van der Waals surface area contributed by atoms with E-state index in [0.29, 0.717) is 12.2 Å². The van der Waals surface area contributed by atoms with Gasteiger partial charge in [0.15, 0.2) is 0 Å². The Balaban J connectivity index is 1.99. The molecule has 7 nitrogen and oxygen atoms in total. The number of anilines is 1. The zero-order valence-corrected chi connectivity index (χ0v) is 13.8. The van der Waals surface area contributed by atoms with Crippen LogP contribution in [0.4, 0.5) is 5.69 Å². The largest absolute Gasteiger partial charge is 0.333 e. The van der Waals surface area contributed by atoms with Gasteiger partial charge in [0.1, 0.15) is 0 Å². The van der Waals surface area contributed by atoms with Gasteiger partial charge in [0, 0.05) is 19.3 Å². The van der Waals surface area contributed by atoms with Crippen LogP contribution in [0.5, 0.6) is 0 Å². The van der Waals surface area contributed by atoms with Gasteiger partial charge in [-0.25, -0.2) is 13.6 Å². The molecule has 2 aromatic rings. The van der Waals surface area contributed by atoms with Gasteiger partial charge in [-0.05, 0) is 29.8 Å². The van der Waals surface area contributed by atoms with Crippen LogP contribution in [0.3, 0.4) is 0 Å². The molecule has 0 aliphatic rings. The van der Waals surface area contributed by atoms with E-state index < -0.39 is 21.8 Å². The molecular formula is C16H17N3O4S. The second-order valence-electron chi connectivity index (χ2n) is 5.17. The molecule has 0 saturated carbocycles. The van der Waals surface area contributed by atoms with Crippen LogP contribution in [0.2, 0.25) is 0 Å². The summed E-state index contributed by atoms with van der Waals surface area (Å²) < 4.78 is 22.3. The van der Waals surface area contributed by atoms with E-state index in [4.69, 9.17) is 5.14 Å². The summed E-state index contributed by atoms with van der Waals surface area (Å²) in [5.41, 5.74) is 1.20. The van der Waals surface area contributed by atoms with Crippen LogP contribution >= 0.6 is 0 Å². The topological polar surface area (TPSA) is 110 Å². The number of likely N-dealkylation sites (N-methyl/N-ethyl adjacent to an activating group) is 1. The number of benzene rings is 2. The molecule has 126 valence electrons. The molecule has 0 aromatic heterocycles. The first kappa shape index (κ1) is 17.6. The summed E-state index contributed by atoms with van der Waals surface area (Å²) in [7, 11) is -2.27. The van der Waals surface area contributed by atoms with E-state index in [1.54, 1.807) is 0 Å². The molecule has 8 heteroatoms. The first-order valence-electron chi connectivity index (χ1n) is 7.00. The van der Waals surface area contributed by atoms with Gasteiger partial charge in [-0.1, -0.05) is 30.3 Å². The molecule has 3 N–H and O–H groups in total. The van der Waals surface area contributed by atoms with Crippen molar-refractivity contribution in [2.45, 2.75) is 11.4 Å². The van der Waals surface area contributed by atoms with Crippen LogP contribution < -0.4 is 10.5 Å². The predicted molar refractivity (Wildman–Crippen MR) is 89.4 cm³/mol. The number of amides is 2. The Morgan fingerprint density at radius 2 is 1.62 bits per heavy atom. The van der Waals surface area contributed by atoms with Crippen LogP contribution in [-0.4, -0.2) is 32.2 Å². The molecule has 0 heterocycles. The van der Waals surface area contributed by atoms with Crippen LogP contribution in [0.15, 0.2) is 59.5 Å². The van der Waals surface area contributed by atoms with Crippen LogP contribution in [0.1, 0.15) is 5.56 Å². The monoisotopic (exact) mass is 347 g/mol. The van der Waals surface area contributed by atoms with Gasteiger partial charge >= 0.3 is 11.8 Å². The van der Waals surface area contributed by atoms with E-state index >= 15 is 0 Å². The van der Waals surface area contributed by atoms with Crippen molar-refractivity contribution in [2.75, 3.05) is 12.4 Å². The molecule has 2 amide bonds. The number of hydrogen-bond donors (Lipinski definition) is 2. The lowest BCUT2D eigenvalue weighted by atomic mass is 10.2. The van der Waals surface area contributed by atoms with Crippen molar-refractivity contribution in [3.05, 3.63) is 60.2 Å². The molecule has 2 aromatic carbocycles. The van der Waals surface area contributed by atoms with Gasteiger partial charge < -0.3 is 10.2 Å². The minimum absolute atomic E-state index is 0.0759. The normalized spacial score (nSPS) is 10.9. The third-order valence-electron chi connectivity index (χ3n) is 3.24. The minimum Gasteiger partial charge on any atom is -0.333 e. The Kier molecular flexibility index (Phi) is 5.32. The lowest BCUT2D eigenvalue weighted by Crippen LogP contribution is -2.36. The van der Waals surface area contributed by atoms with E-state index in [2.05, 4.69) is 5.32 Å². The highest BCUT2D eigenvalue weighted by atomic mass is 32.2. The highest BCUT2D eigenvalue weighted by Gasteiger charge is 2.19. The second-order valence-corrected chi connectivity index (χ2v) is 6.73. The quantitative estimate of drug-likeness (QED) is 0.802. The standard InChI is InChI=1S/C16H17N3O4S/c1-19(11-12-5-3-2-4-6-12)16(21)15(20)18-13-7-9-14(10-8-13)24(17,22)23/h2-10H,11H2,1H3,(H,18,20)(H2,17,22,23). The average Bonchev–Trinajstić information content (AvgIpc) is 2.54. The summed E-state index contributed by atoms with van der Waals surface area (Å²) in [5, 5.41) is 7.41. The number of nitrogens with two attached hydrogens (primary N) is 1. The molecule has 2 rings (SSSR count). The molecule has 0 radical (unpaired) electrons. The number of primary sulfonamides is 1. The van der Waals surface area contributed by atoms with Gasteiger partial charge in [-0.2, -0.15) is 0 Å². The Labute approximate surface area is 140 Å². The lowest BCUT2D eigenvalue weighted by molar-refractivity contribution is -0.142. The van der Waals surface area contributed by atoms with Crippen LogP contribution in [0, 0.1) is 0 Å². The number of nitrogens with zero attached hydrogens (tertiary/aromatic N) is 1. The maximum absolute atomic E-state index is 12.1. The summed E-state index contributed by atoms with van der Waals surface area (Å²) in [6.07, 6.45) is 0. The molecular weight excluding hydrogens is 330 g/mol. The molecule has 0 bridgehead atoms. The summed E-state index contributed by atoms with van der Waals surface area (Å²) in [4.78, 5) is 25.3. The van der Waals surface area contributed by atoms with E-state index in [9.17, 15) is 18.0 Å². The van der Waals surface area contributed by atoms with Crippen molar-refractivity contribution >= 4 is 27.5 Å². The van der Waals surface area contributed by atoms with Crippen molar-refractivity contribution in [2.24, 2.45) is 5.14 Å². The Morgan fingerprint density at radius 1 is 1.04 bits per heavy atom. The first-order valence-corrected chi connectivity index (χ1v) is 8.55. The molecule has 0 fully saturated rings. The fourth-order valence-electron chi connectivity index (χ4n) is 2.01. The highest BCUT2D eigenvalue weighted by Crippen LogP contribution is 2.13. The van der Waals surface area contributed by atoms with Crippen molar-refractivity contribution in [3.63, 3.8) is 0 Å². The number of hydrogen-bond acceptors (Lipinski definition) is 4. The van der Waals surface area contributed by atoms with E-state index in [1.165, 1.54) is 36.2 Å². The Bertz CT molecular complexity index is 833. The van der Waals surface area contributed by atoms with E-state index in [0.717, 1.165) is 5.56 Å². The van der Waals surface area contributed by atoms with E-state index in [-0.39, 0.29) is 4.90 Å². The van der Waals surface area contributed by atoms with Gasteiger partial charge in [0.05, 0.1) is 4.90 Å². The van der Waals surface area contributed by atoms with Gasteiger partial charge in [0.25, 0.3) is 0 Å². The summed E-state index contributed by atoms with van der Waals surface area (Å²) in [5.74, 6) is -1.51. The number of carbonyl (C=O) groups is 2.